The number of nitrogens with one attached hydrogen (secondary N) is 1. The molecule has 1 atom stereocenters. The lowest BCUT2D eigenvalue weighted by molar-refractivity contribution is -0.122. The molecule has 0 saturated carbocycles. The molecule has 0 fully saturated rings. The number of aryl methyl sites for hydroxylation is 3. The number of carbonyl (C=O) groups excluding carboxylic acids is 2. The monoisotopic (exact) mass is 434 g/mol. The fraction of sp³-hybridized carbons (Fsp3) is 0.458. The third-order valence-electron chi connectivity index (χ3n) is 6.18. The van der Waals surface area contributed by atoms with Gasteiger partial charge in [0.25, 0.3) is 0 Å². The van der Waals surface area contributed by atoms with E-state index in [1.54, 1.807) is 11.6 Å². The van der Waals surface area contributed by atoms with Crippen LogP contribution in [0.25, 0.3) is 0 Å². The molecule has 168 valence electrons. The Morgan fingerprint density at radius 3 is 2.62 bits per heavy atom. The van der Waals surface area contributed by atoms with E-state index in [0.29, 0.717) is 24.2 Å². The van der Waals surface area contributed by atoms with Gasteiger partial charge in [0.05, 0.1) is 11.3 Å². The van der Waals surface area contributed by atoms with Crippen LogP contribution in [0, 0.1) is 13.8 Å². The van der Waals surface area contributed by atoms with E-state index in [1.165, 1.54) is 5.56 Å². The summed E-state index contributed by atoms with van der Waals surface area (Å²) in [6.07, 6.45) is 3.60. The van der Waals surface area contributed by atoms with E-state index in [1.807, 2.05) is 32.0 Å². The van der Waals surface area contributed by atoms with E-state index >= 15 is 0 Å². The van der Waals surface area contributed by atoms with Gasteiger partial charge in [-0.05, 0) is 39.2 Å². The molecule has 1 aliphatic rings. The van der Waals surface area contributed by atoms with Crippen LogP contribution in [0.1, 0.15) is 65.1 Å². The zero-order chi connectivity index (χ0) is 22.7. The summed E-state index contributed by atoms with van der Waals surface area (Å²) in [4.78, 5) is 24.4. The Bertz CT molecular complexity index is 1120. The number of nitrogens with zero attached hydrogens (tertiary/aromatic N) is 5. The van der Waals surface area contributed by atoms with Crippen molar-refractivity contribution < 1.29 is 9.59 Å². The van der Waals surface area contributed by atoms with Gasteiger partial charge in [0.15, 0.2) is 5.78 Å². The van der Waals surface area contributed by atoms with E-state index in [-0.39, 0.29) is 17.7 Å². The Labute approximate surface area is 188 Å². The molecule has 2 aromatic heterocycles. The first-order valence-corrected chi connectivity index (χ1v) is 11.2. The predicted molar refractivity (Wildman–Crippen MR) is 120 cm³/mol. The summed E-state index contributed by atoms with van der Waals surface area (Å²) in [5.74, 6) is 1.98. The Balaban J connectivity index is 1.32. The largest absolute Gasteiger partial charge is 0.353 e. The summed E-state index contributed by atoms with van der Waals surface area (Å²) < 4.78 is 3.97. The van der Waals surface area contributed by atoms with Gasteiger partial charge >= 0.3 is 0 Å². The van der Waals surface area contributed by atoms with E-state index in [0.717, 1.165) is 49.6 Å². The van der Waals surface area contributed by atoms with Gasteiger partial charge in [-0.3, -0.25) is 14.3 Å². The van der Waals surface area contributed by atoms with Crippen molar-refractivity contribution in [1.82, 2.24) is 29.9 Å². The van der Waals surface area contributed by atoms with Crippen molar-refractivity contribution in [2.24, 2.45) is 0 Å². The number of amides is 1. The topological polar surface area (TPSA) is 94.7 Å². The zero-order valence-corrected chi connectivity index (χ0v) is 19.0. The van der Waals surface area contributed by atoms with Crippen molar-refractivity contribution in [2.75, 3.05) is 0 Å². The van der Waals surface area contributed by atoms with Gasteiger partial charge in [0.1, 0.15) is 11.6 Å². The molecule has 0 bridgehead atoms. The molecule has 1 aromatic carbocycles. The second kappa shape index (κ2) is 9.46. The average molecular weight is 435 g/mol. The van der Waals surface area contributed by atoms with Gasteiger partial charge in [-0.25, -0.2) is 0 Å². The summed E-state index contributed by atoms with van der Waals surface area (Å²) in [5, 5.41) is 16.4. The highest BCUT2D eigenvalue weighted by atomic mass is 16.1. The normalized spacial score (nSPS) is 15.8. The smallest absolute Gasteiger partial charge is 0.222 e. The highest BCUT2D eigenvalue weighted by molar-refractivity contribution is 5.96. The lowest BCUT2D eigenvalue weighted by Crippen LogP contribution is -2.35. The molecule has 0 aliphatic carbocycles. The lowest BCUT2D eigenvalue weighted by atomic mass is 10.1. The highest BCUT2D eigenvalue weighted by Gasteiger charge is 2.22. The zero-order valence-electron chi connectivity index (χ0n) is 19.0. The average Bonchev–Trinajstić information content (AvgIpc) is 3.20. The van der Waals surface area contributed by atoms with Crippen molar-refractivity contribution in [3.8, 4) is 0 Å². The molecule has 3 aromatic rings. The number of carbonyl (C=O) groups is 2. The van der Waals surface area contributed by atoms with Crippen molar-refractivity contribution in [2.45, 2.75) is 72.0 Å². The van der Waals surface area contributed by atoms with Crippen LogP contribution >= 0.6 is 0 Å². The molecule has 1 N–H and O–H groups in total. The summed E-state index contributed by atoms with van der Waals surface area (Å²) in [7, 11) is 0. The molecule has 0 spiro atoms. The number of hydrogen-bond donors (Lipinski definition) is 1. The van der Waals surface area contributed by atoms with Crippen molar-refractivity contribution in [3.63, 3.8) is 0 Å². The number of rotatable bonds is 7. The van der Waals surface area contributed by atoms with Crippen LogP contribution in [0.15, 0.2) is 30.3 Å². The number of Topliss-reactive ketones (excluding diaryl/α,β-unsaturated/α-hetero) is 1. The maximum absolute atomic E-state index is 12.6. The number of aromatic nitrogens is 5. The van der Waals surface area contributed by atoms with E-state index in [2.05, 4.69) is 37.3 Å². The number of fused-ring (bicyclic) bond motifs is 1. The first-order valence-electron chi connectivity index (χ1n) is 11.2. The third-order valence-corrected chi connectivity index (χ3v) is 6.18. The molecule has 4 rings (SSSR count). The van der Waals surface area contributed by atoms with E-state index in [9.17, 15) is 9.59 Å². The van der Waals surface area contributed by atoms with Crippen molar-refractivity contribution in [3.05, 3.63) is 64.5 Å². The van der Waals surface area contributed by atoms with E-state index < -0.39 is 0 Å². The van der Waals surface area contributed by atoms with Crippen LogP contribution in [-0.4, -0.2) is 42.3 Å². The molecular weight excluding hydrogens is 404 g/mol. The first kappa shape index (κ1) is 21.9. The Morgan fingerprint density at radius 2 is 1.91 bits per heavy atom. The highest BCUT2D eigenvalue weighted by Crippen LogP contribution is 2.18. The molecule has 8 nitrogen and oxygen atoms in total. The van der Waals surface area contributed by atoms with Crippen LogP contribution in [0.4, 0.5) is 0 Å². The van der Waals surface area contributed by atoms with Gasteiger partial charge in [0, 0.05) is 44.1 Å². The molecule has 1 aliphatic heterocycles. The maximum Gasteiger partial charge on any atom is 0.222 e. The van der Waals surface area contributed by atoms with Gasteiger partial charge in [-0.15, -0.1) is 10.2 Å². The van der Waals surface area contributed by atoms with Gasteiger partial charge in [-0.2, -0.15) is 5.10 Å². The Morgan fingerprint density at radius 1 is 1.12 bits per heavy atom. The maximum atomic E-state index is 12.6. The minimum Gasteiger partial charge on any atom is -0.353 e. The quantitative estimate of drug-likeness (QED) is 0.577. The Hall–Kier alpha value is -3.29. The fourth-order valence-electron chi connectivity index (χ4n) is 4.53. The number of benzene rings is 1. The van der Waals surface area contributed by atoms with Gasteiger partial charge in [0.2, 0.25) is 5.91 Å². The van der Waals surface area contributed by atoms with Crippen molar-refractivity contribution >= 4 is 11.7 Å². The molecule has 1 unspecified atom stereocenters. The van der Waals surface area contributed by atoms with Gasteiger partial charge in [-0.1, -0.05) is 30.3 Å². The molecule has 32 heavy (non-hydrogen) atoms. The minimum absolute atomic E-state index is 0.00722. The molecule has 1 amide bonds. The van der Waals surface area contributed by atoms with Crippen LogP contribution in [0.2, 0.25) is 0 Å². The summed E-state index contributed by atoms with van der Waals surface area (Å²) in [6, 6.07) is 10.4. The van der Waals surface area contributed by atoms with Crippen LogP contribution in [0.3, 0.4) is 0 Å². The standard InChI is InChI=1S/C24H30N6O2/c1-16-24(18(3)31)17(2)30(28-16)14-12-23(32)25-20-9-10-21-26-27-22(29(21)13-11-20)15-19-7-5-4-6-8-19/h4-8,20H,9-15H2,1-3H3,(H,25,32). The van der Waals surface area contributed by atoms with Crippen molar-refractivity contribution in [1.29, 1.82) is 0 Å². The SMILES string of the molecule is CC(=O)c1c(C)nn(CCC(=O)NC2CCc3nnc(Cc4ccccc4)n3CC2)c1C. The molecule has 0 saturated heterocycles. The second-order valence-electron chi connectivity index (χ2n) is 8.51. The molecule has 0 radical (unpaired) electrons. The molecule has 3 heterocycles. The van der Waals surface area contributed by atoms with Crippen LogP contribution in [0.5, 0.6) is 0 Å². The molecular formula is C24H30N6O2. The second-order valence-corrected chi connectivity index (χ2v) is 8.51. The third kappa shape index (κ3) is 4.79. The first-order chi connectivity index (χ1) is 15.4. The number of ketones is 1. The lowest BCUT2D eigenvalue weighted by Gasteiger charge is -2.16. The van der Waals surface area contributed by atoms with Gasteiger partial charge < -0.3 is 9.88 Å². The predicted octanol–water partition coefficient (Wildman–Crippen LogP) is 2.80. The fourth-order valence-corrected chi connectivity index (χ4v) is 4.53. The molecule has 8 heteroatoms. The van der Waals surface area contributed by atoms with Crippen LogP contribution in [-0.2, 0) is 30.7 Å². The summed E-state index contributed by atoms with van der Waals surface area (Å²) in [6.45, 7) is 6.52. The Kier molecular flexibility index (Phi) is 6.48. The number of hydrogen-bond acceptors (Lipinski definition) is 5. The summed E-state index contributed by atoms with van der Waals surface area (Å²) >= 11 is 0. The van der Waals surface area contributed by atoms with E-state index in [4.69, 9.17) is 0 Å². The summed E-state index contributed by atoms with van der Waals surface area (Å²) in [5.41, 5.74) is 3.41. The van der Waals surface area contributed by atoms with Crippen LogP contribution < -0.4 is 5.32 Å². The minimum atomic E-state index is 0.00722.